The van der Waals surface area contributed by atoms with Crippen molar-refractivity contribution in [2.24, 2.45) is 11.8 Å². The van der Waals surface area contributed by atoms with Gasteiger partial charge in [-0.05, 0) is 81.5 Å². The number of amides is 2. The van der Waals surface area contributed by atoms with Crippen LogP contribution in [0.15, 0.2) is 23.1 Å². The van der Waals surface area contributed by atoms with Crippen molar-refractivity contribution in [2.75, 3.05) is 11.4 Å². The maximum atomic E-state index is 12.9. The summed E-state index contributed by atoms with van der Waals surface area (Å²) >= 11 is 0. The van der Waals surface area contributed by atoms with Crippen LogP contribution in [0.2, 0.25) is 0 Å². The second-order valence-corrected chi connectivity index (χ2v) is 12.3. The van der Waals surface area contributed by atoms with Gasteiger partial charge in [0.05, 0.1) is 4.90 Å². The number of fused-ring (bicyclic) bond motifs is 1. The predicted octanol–water partition coefficient (Wildman–Crippen LogP) is 3.91. The van der Waals surface area contributed by atoms with Crippen molar-refractivity contribution in [3.63, 3.8) is 0 Å². The Morgan fingerprint density at radius 1 is 1.00 bits per heavy atom. The molecule has 188 valence electrons. The van der Waals surface area contributed by atoms with Crippen LogP contribution in [0.5, 0.6) is 0 Å². The summed E-state index contributed by atoms with van der Waals surface area (Å²) in [6.07, 6.45) is 11.2. The van der Waals surface area contributed by atoms with Gasteiger partial charge in [0, 0.05) is 37.2 Å². The highest BCUT2D eigenvalue weighted by molar-refractivity contribution is 7.89. The van der Waals surface area contributed by atoms with Gasteiger partial charge in [0.25, 0.3) is 0 Å². The summed E-state index contributed by atoms with van der Waals surface area (Å²) in [7, 11) is -3.62. The first-order valence-corrected chi connectivity index (χ1v) is 14.5. The van der Waals surface area contributed by atoms with Gasteiger partial charge in [0.15, 0.2) is 0 Å². The van der Waals surface area contributed by atoms with Crippen molar-refractivity contribution < 1.29 is 18.0 Å². The highest BCUT2D eigenvalue weighted by Crippen LogP contribution is 2.34. The second kappa shape index (κ2) is 10.8. The van der Waals surface area contributed by atoms with Crippen LogP contribution < -0.4 is 14.9 Å². The summed E-state index contributed by atoms with van der Waals surface area (Å²) in [5.74, 6) is 0.467. The Labute approximate surface area is 204 Å². The lowest BCUT2D eigenvalue weighted by Gasteiger charge is -2.29. The van der Waals surface area contributed by atoms with Gasteiger partial charge in [0.1, 0.15) is 0 Å². The van der Waals surface area contributed by atoms with E-state index in [1.807, 2.05) is 6.92 Å². The Morgan fingerprint density at radius 2 is 1.68 bits per heavy atom. The molecule has 2 amide bonds. The highest BCUT2D eigenvalue weighted by atomic mass is 32.2. The average Bonchev–Trinajstić information content (AvgIpc) is 2.94. The van der Waals surface area contributed by atoms with Crippen LogP contribution in [0.4, 0.5) is 5.69 Å². The molecule has 0 spiro atoms. The molecular weight excluding hydrogens is 450 g/mol. The number of hydrogen-bond donors (Lipinski definition) is 2. The number of nitrogens with zero attached hydrogens (tertiary/aromatic N) is 1. The smallest absolute Gasteiger partial charge is 0.240 e. The summed E-state index contributed by atoms with van der Waals surface area (Å²) in [5, 5.41) is 3.28. The number of sulfonamides is 1. The molecule has 3 aliphatic rings. The summed E-state index contributed by atoms with van der Waals surface area (Å²) in [6, 6.07) is 5.40. The molecule has 0 bridgehead atoms. The van der Waals surface area contributed by atoms with E-state index in [0.717, 1.165) is 49.8 Å². The summed E-state index contributed by atoms with van der Waals surface area (Å²) in [5.41, 5.74) is 1.70. The quantitative estimate of drug-likeness (QED) is 0.592. The standard InChI is InChI=1S/C26H39N3O4S/c1-18-15-22-16-24(13-14-25(22)29(18)19(2)30)34(32,33)27-17-20-9-11-21(12-10-20)26(31)28-23-7-5-3-4-6-8-23/h13-14,16,18,20-21,23,27H,3-12,15,17H2,1-2H3,(H,28,31)/t18-,20?,21?/m1/s1. The van der Waals surface area contributed by atoms with Gasteiger partial charge in [0.2, 0.25) is 21.8 Å². The zero-order valence-electron chi connectivity index (χ0n) is 20.5. The van der Waals surface area contributed by atoms with Crippen LogP contribution in [-0.4, -0.2) is 38.9 Å². The first-order chi connectivity index (χ1) is 16.2. The molecule has 1 aromatic rings. The summed E-state index contributed by atoms with van der Waals surface area (Å²) in [4.78, 5) is 26.6. The van der Waals surface area contributed by atoms with Crippen molar-refractivity contribution in [1.29, 1.82) is 0 Å². The van der Waals surface area contributed by atoms with Gasteiger partial charge in [-0.25, -0.2) is 13.1 Å². The van der Waals surface area contributed by atoms with Crippen molar-refractivity contribution in [3.05, 3.63) is 23.8 Å². The van der Waals surface area contributed by atoms with Crippen LogP contribution in [0.1, 0.15) is 83.6 Å². The Balaban J connectivity index is 1.27. The van der Waals surface area contributed by atoms with Crippen LogP contribution in [0, 0.1) is 11.8 Å². The Bertz CT molecular complexity index is 993. The van der Waals surface area contributed by atoms with Gasteiger partial charge in [-0.15, -0.1) is 0 Å². The molecule has 8 heteroatoms. The number of benzene rings is 1. The third-order valence-corrected chi connectivity index (χ3v) is 9.32. The Morgan fingerprint density at radius 3 is 2.32 bits per heavy atom. The fraction of sp³-hybridized carbons (Fsp3) is 0.692. The van der Waals surface area contributed by atoms with Gasteiger partial charge in [-0.2, -0.15) is 0 Å². The molecule has 2 fully saturated rings. The highest BCUT2D eigenvalue weighted by Gasteiger charge is 2.31. The van der Waals surface area contributed by atoms with Crippen LogP contribution in [0.3, 0.4) is 0 Å². The number of nitrogens with one attached hydrogen (secondary N) is 2. The Kier molecular flexibility index (Phi) is 7.97. The zero-order valence-corrected chi connectivity index (χ0v) is 21.3. The topological polar surface area (TPSA) is 95.6 Å². The van der Waals surface area contributed by atoms with Gasteiger partial charge in [-0.3, -0.25) is 9.59 Å². The van der Waals surface area contributed by atoms with Crippen molar-refractivity contribution in [3.8, 4) is 0 Å². The van der Waals surface area contributed by atoms with Crippen LogP contribution >= 0.6 is 0 Å². The third kappa shape index (κ3) is 5.82. The van der Waals surface area contributed by atoms with Crippen molar-refractivity contribution >= 4 is 27.5 Å². The number of hydrogen-bond acceptors (Lipinski definition) is 4. The summed E-state index contributed by atoms with van der Waals surface area (Å²) in [6.45, 7) is 3.90. The van der Waals surface area contributed by atoms with E-state index in [2.05, 4.69) is 10.0 Å². The fourth-order valence-corrected chi connectivity index (χ4v) is 7.10. The minimum Gasteiger partial charge on any atom is -0.353 e. The fourth-order valence-electron chi connectivity index (χ4n) is 5.94. The maximum absolute atomic E-state index is 12.9. The predicted molar refractivity (Wildman–Crippen MR) is 133 cm³/mol. The van der Waals surface area contributed by atoms with E-state index in [-0.39, 0.29) is 34.6 Å². The minimum atomic E-state index is -3.62. The van der Waals surface area contributed by atoms with Gasteiger partial charge in [-0.1, -0.05) is 25.7 Å². The normalized spacial score (nSPS) is 26.1. The maximum Gasteiger partial charge on any atom is 0.240 e. The van der Waals surface area contributed by atoms with Gasteiger partial charge >= 0.3 is 0 Å². The second-order valence-electron chi connectivity index (χ2n) is 10.5. The van der Waals surface area contributed by atoms with E-state index < -0.39 is 10.0 Å². The molecule has 1 aromatic carbocycles. The Hall–Kier alpha value is -1.93. The summed E-state index contributed by atoms with van der Waals surface area (Å²) < 4.78 is 28.7. The lowest BCUT2D eigenvalue weighted by molar-refractivity contribution is -0.127. The molecule has 7 nitrogen and oxygen atoms in total. The van der Waals surface area contributed by atoms with Crippen molar-refractivity contribution in [2.45, 2.75) is 101 Å². The molecule has 4 rings (SSSR count). The van der Waals surface area contributed by atoms with E-state index in [1.165, 1.54) is 32.6 Å². The molecule has 0 saturated heterocycles. The molecule has 0 unspecified atom stereocenters. The number of anilines is 1. The third-order valence-electron chi connectivity index (χ3n) is 7.90. The van der Waals surface area contributed by atoms with E-state index in [4.69, 9.17) is 0 Å². The van der Waals surface area contributed by atoms with Crippen molar-refractivity contribution in [1.82, 2.24) is 10.0 Å². The van der Waals surface area contributed by atoms with E-state index in [9.17, 15) is 18.0 Å². The zero-order chi connectivity index (χ0) is 24.3. The lowest BCUT2D eigenvalue weighted by atomic mass is 9.81. The average molecular weight is 490 g/mol. The van der Waals surface area contributed by atoms with Crippen LogP contribution in [-0.2, 0) is 26.0 Å². The number of carbonyl (C=O) groups is 2. The molecule has 1 aliphatic heterocycles. The molecular formula is C26H39N3O4S. The minimum absolute atomic E-state index is 0.0292. The molecule has 2 aliphatic carbocycles. The van der Waals surface area contributed by atoms with Crippen LogP contribution in [0.25, 0.3) is 0 Å². The first-order valence-electron chi connectivity index (χ1n) is 13.0. The largest absolute Gasteiger partial charge is 0.353 e. The molecule has 34 heavy (non-hydrogen) atoms. The molecule has 1 atom stereocenters. The lowest BCUT2D eigenvalue weighted by Crippen LogP contribution is -2.40. The van der Waals surface area contributed by atoms with E-state index >= 15 is 0 Å². The monoisotopic (exact) mass is 489 g/mol. The molecule has 2 N–H and O–H groups in total. The van der Waals surface area contributed by atoms with Gasteiger partial charge < -0.3 is 10.2 Å². The number of rotatable bonds is 6. The SMILES string of the molecule is CC(=O)N1c2ccc(S(=O)(=O)NCC3CCC(C(=O)NC4CCCCCC4)CC3)cc2C[C@H]1C. The van der Waals surface area contributed by atoms with E-state index in [1.54, 1.807) is 23.1 Å². The van der Waals surface area contributed by atoms with E-state index in [0.29, 0.717) is 19.0 Å². The molecule has 0 radical (unpaired) electrons. The molecule has 2 saturated carbocycles. The first kappa shape index (κ1) is 25.2. The molecule has 0 aromatic heterocycles. The molecule has 1 heterocycles. The number of carbonyl (C=O) groups excluding carboxylic acids is 2.